The van der Waals surface area contributed by atoms with Crippen LogP contribution >= 0.6 is 0 Å². The summed E-state index contributed by atoms with van der Waals surface area (Å²) in [6, 6.07) is 7.75. The molecular formula is C16H25N3O2. The Morgan fingerprint density at radius 3 is 2.67 bits per heavy atom. The number of likely N-dealkylation sites (tertiary alicyclic amines) is 1. The molecule has 5 nitrogen and oxygen atoms in total. The Morgan fingerprint density at radius 1 is 1.38 bits per heavy atom. The molecule has 1 fully saturated rings. The van der Waals surface area contributed by atoms with Gasteiger partial charge in [-0.1, -0.05) is 0 Å². The molecule has 1 heterocycles. The number of anilines is 1. The monoisotopic (exact) mass is 291 g/mol. The molecule has 1 saturated heterocycles. The topological polar surface area (TPSA) is 53.6 Å². The molecule has 0 spiro atoms. The lowest BCUT2D eigenvalue weighted by molar-refractivity contribution is 0.247. The molecule has 0 saturated carbocycles. The normalized spacial score (nSPS) is 18.8. The second-order valence-corrected chi connectivity index (χ2v) is 5.81. The molecule has 0 aliphatic carbocycles. The van der Waals surface area contributed by atoms with Crippen LogP contribution in [0.2, 0.25) is 0 Å². The van der Waals surface area contributed by atoms with E-state index in [1.54, 1.807) is 7.11 Å². The van der Waals surface area contributed by atoms with Gasteiger partial charge in [0, 0.05) is 24.8 Å². The van der Waals surface area contributed by atoms with Crippen LogP contribution < -0.4 is 15.4 Å². The number of carbonyl (C=O) groups is 1. The second-order valence-electron chi connectivity index (χ2n) is 5.81. The summed E-state index contributed by atoms with van der Waals surface area (Å²) >= 11 is 0. The van der Waals surface area contributed by atoms with Crippen molar-refractivity contribution < 1.29 is 9.53 Å². The molecular weight excluding hydrogens is 266 g/mol. The summed E-state index contributed by atoms with van der Waals surface area (Å²) in [6.07, 6.45) is 1.15. The van der Waals surface area contributed by atoms with Crippen LogP contribution in [0.4, 0.5) is 10.5 Å². The van der Waals surface area contributed by atoms with Crippen molar-refractivity contribution in [2.45, 2.75) is 26.3 Å². The lowest BCUT2D eigenvalue weighted by Gasteiger charge is -2.20. The van der Waals surface area contributed by atoms with Crippen molar-refractivity contribution in [2.24, 2.45) is 5.92 Å². The largest absolute Gasteiger partial charge is 0.497 e. The Bertz CT molecular complexity index is 459. The standard InChI is InChI=1S/C16H25N3O2/c1-12(2)19-9-8-13(11-19)10-17-16(20)18-14-4-6-15(21-3)7-5-14/h4-7,12-13H,8-11H2,1-3H3,(H2,17,18,20)/t13-/m1/s1. The maximum absolute atomic E-state index is 11.9. The highest BCUT2D eigenvalue weighted by Gasteiger charge is 2.24. The molecule has 1 aromatic rings. The summed E-state index contributed by atoms with van der Waals surface area (Å²) in [7, 11) is 1.62. The van der Waals surface area contributed by atoms with Gasteiger partial charge in [-0.15, -0.1) is 0 Å². The van der Waals surface area contributed by atoms with Crippen LogP contribution in [-0.2, 0) is 0 Å². The maximum Gasteiger partial charge on any atom is 0.319 e. The number of carbonyl (C=O) groups excluding carboxylic acids is 1. The molecule has 1 aliphatic rings. The highest BCUT2D eigenvalue weighted by atomic mass is 16.5. The number of nitrogens with zero attached hydrogens (tertiary/aromatic N) is 1. The number of hydrogen-bond donors (Lipinski definition) is 2. The minimum absolute atomic E-state index is 0.150. The first-order valence-electron chi connectivity index (χ1n) is 7.51. The smallest absolute Gasteiger partial charge is 0.319 e. The van der Waals surface area contributed by atoms with E-state index in [0.717, 1.165) is 37.5 Å². The molecule has 2 rings (SSSR count). The summed E-state index contributed by atoms with van der Waals surface area (Å²) in [4.78, 5) is 14.3. The second kappa shape index (κ2) is 7.31. The van der Waals surface area contributed by atoms with Crippen molar-refractivity contribution in [3.05, 3.63) is 24.3 Å². The number of nitrogens with one attached hydrogen (secondary N) is 2. The quantitative estimate of drug-likeness (QED) is 0.876. The van der Waals surface area contributed by atoms with Gasteiger partial charge in [0.2, 0.25) is 0 Å². The first-order valence-corrected chi connectivity index (χ1v) is 7.51. The predicted octanol–water partition coefficient (Wildman–Crippen LogP) is 2.55. The van der Waals surface area contributed by atoms with E-state index in [2.05, 4.69) is 29.4 Å². The van der Waals surface area contributed by atoms with Crippen molar-refractivity contribution >= 4 is 11.7 Å². The molecule has 21 heavy (non-hydrogen) atoms. The van der Waals surface area contributed by atoms with Crippen LogP contribution in [0.5, 0.6) is 5.75 Å². The van der Waals surface area contributed by atoms with Crippen molar-refractivity contribution in [3.63, 3.8) is 0 Å². The number of ether oxygens (including phenoxy) is 1. The van der Waals surface area contributed by atoms with E-state index in [4.69, 9.17) is 4.74 Å². The van der Waals surface area contributed by atoms with Gasteiger partial charge in [-0.2, -0.15) is 0 Å². The first kappa shape index (κ1) is 15.6. The van der Waals surface area contributed by atoms with Crippen LogP contribution in [0.25, 0.3) is 0 Å². The molecule has 0 bridgehead atoms. The zero-order valence-electron chi connectivity index (χ0n) is 13.1. The zero-order valence-corrected chi connectivity index (χ0v) is 13.1. The van der Waals surface area contributed by atoms with Gasteiger partial charge < -0.3 is 20.3 Å². The number of hydrogen-bond acceptors (Lipinski definition) is 3. The number of benzene rings is 1. The minimum atomic E-state index is -0.150. The van der Waals surface area contributed by atoms with Crippen LogP contribution in [-0.4, -0.2) is 43.7 Å². The van der Waals surface area contributed by atoms with Gasteiger partial charge in [0.05, 0.1) is 7.11 Å². The fraction of sp³-hybridized carbons (Fsp3) is 0.562. The molecule has 1 aromatic carbocycles. The summed E-state index contributed by atoms with van der Waals surface area (Å²) in [5.41, 5.74) is 0.767. The Labute approximate surface area is 126 Å². The number of rotatable bonds is 5. The van der Waals surface area contributed by atoms with Crippen molar-refractivity contribution in [2.75, 3.05) is 32.1 Å². The summed E-state index contributed by atoms with van der Waals surface area (Å²) < 4.78 is 5.09. The van der Waals surface area contributed by atoms with E-state index >= 15 is 0 Å². The molecule has 2 amide bonds. The molecule has 2 N–H and O–H groups in total. The number of amides is 2. The summed E-state index contributed by atoms with van der Waals surface area (Å²) in [5.74, 6) is 1.33. The van der Waals surface area contributed by atoms with E-state index in [1.165, 1.54) is 0 Å². The van der Waals surface area contributed by atoms with Gasteiger partial charge in [-0.05, 0) is 57.0 Å². The van der Waals surface area contributed by atoms with Crippen LogP contribution in [0.15, 0.2) is 24.3 Å². The number of urea groups is 1. The Hall–Kier alpha value is -1.75. The predicted molar refractivity (Wildman–Crippen MR) is 84.8 cm³/mol. The Kier molecular flexibility index (Phi) is 5.44. The minimum Gasteiger partial charge on any atom is -0.497 e. The van der Waals surface area contributed by atoms with Crippen LogP contribution in [0, 0.1) is 5.92 Å². The zero-order chi connectivity index (χ0) is 15.2. The third-order valence-corrected chi connectivity index (χ3v) is 3.95. The average molecular weight is 291 g/mol. The molecule has 1 aliphatic heterocycles. The molecule has 1 atom stereocenters. The highest BCUT2D eigenvalue weighted by Crippen LogP contribution is 2.18. The molecule has 116 valence electrons. The van der Waals surface area contributed by atoms with E-state index in [1.807, 2.05) is 24.3 Å². The lowest BCUT2D eigenvalue weighted by atomic mass is 10.1. The summed E-state index contributed by atoms with van der Waals surface area (Å²) in [6.45, 7) is 7.36. The SMILES string of the molecule is COc1ccc(NC(=O)NC[C@H]2CCN(C(C)C)C2)cc1. The highest BCUT2D eigenvalue weighted by molar-refractivity contribution is 5.89. The van der Waals surface area contributed by atoms with E-state index in [0.29, 0.717) is 12.0 Å². The van der Waals surface area contributed by atoms with Crippen molar-refractivity contribution in [1.82, 2.24) is 10.2 Å². The van der Waals surface area contributed by atoms with Gasteiger partial charge in [-0.25, -0.2) is 4.79 Å². The maximum atomic E-state index is 11.9. The third-order valence-electron chi connectivity index (χ3n) is 3.95. The fourth-order valence-electron chi connectivity index (χ4n) is 2.58. The lowest BCUT2D eigenvalue weighted by Crippen LogP contribution is -2.35. The Balaban J connectivity index is 1.72. The average Bonchev–Trinajstić information content (AvgIpc) is 2.95. The van der Waals surface area contributed by atoms with Gasteiger partial charge in [0.15, 0.2) is 0 Å². The third kappa shape index (κ3) is 4.63. The van der Waals surface area contributed by atoms with Gasteiger partial charge in [0.1, 0.15) is 5.75 Å². The van der Waals surface area contributed by atoms with Gasteiger partial charge in [0.25, 0.3) is 0 Å². The molecule has 0 unspecified atom stereocenters. The van der Waals surface area contributed by atoms with Crippen LogP contribution in [0.3, 0.4) is 0 Å². The van der Waals surface area contributed by atoms with E-state index < -0.39 is 0 Å². The van der Waals surface area contributed by atoms with Crippen molar-refractivity contribution in [1.29, 1.82) is 0 Å². The van der Waals surface area contributed by atoms with Crippen LogP contribution in [0.1, 0.15) is 20.3 Å². The van der Waals surface area contributed by atoms with E-state index in [9.17, 15) is 4.79 Å². The molecule has 0 radical (unpaired) electrons. The number of methoxy groups -OCH3 is 1. The first-order chi connectivity index (χ1) is 10.1. The van der Waals surface area contributed by atoms with Gasteiger partial charge >= 0.3 is 6.03 Å². The summed E-state index contributed by atoms with van der Waals surface area (Å²) in [5, 5.41) is 5.79. The fourth-order valence-corrected chi connectivity index (χ4v) is 2.58. The molecule has 0 aromatic heterocycles. The van der Waals surface area contributed by atoms with Gasteiger partial charge in [-0.3, -0.25) is 0 Å². The van der Waals surface area contributed by atoms with Crippen molar-refractivity contribution in [3.8, 4) is 5.75 Å². The Morgan fingerprint density at radius 2 is 2.10 bits per heavy atom. The van der Waals surface area contributed by atoms with E-state index in [-0.39, 0.29) is 6.03 Å². The molecule has 5 heteroatoms.